The number of nitrogens with zero attached hydrogens (tertiary/aromatic N) is 1. The van der Waals surface area contributed by atoms with E-state index in [1.165, 1.54) is 107 Å². The molecule has 0 fully saturated rings. The third-order valence-electron chi connectivity index (χ3n) is 7.44. The van der Waals surface area contributed by atoms with Crippen molar-refractivity contribution in [2.45, 2.75) is 120 Å². The van der Waals surface area contributed by atoms with Crippen molar-refractivity contribution in [2.24, 2.45) is 0 Å². The zero-order valence-corrected chi connectivity index (χ0v) is 26.7. The summed E-state index contributed by atoms with van der Waals surface area (Å²) in [5.41, 5.74) is 0. The molecular formula is C34H53NOPRh. The van der Waals surface area contributed by atoms with E-state index in [1.54, 1.807) is 0 Å². The average Bonchev–Trinajstić information content (AvgIpc) is 2.94. The predicted octanol–water partition coefficient (Wildman–Crippen LogP) is 9.10. The molecule has 1 atom stereocenters. The third kappa shape index (κ3) is 14.4. The van der Waals surface area contributed by atoms with E-state index in [0.29, 0.717) is 6.42 Å². The SMILES string of the molecule is CCCCCCCCCCCCCCCCCCN(C)C(=O)C[CH]([Rh])P(c1ccccc1)c1ccccc1. The second-order valence-corrected chi connectivity index (χ2v) is 15.0. The van der Waals surface area contributed by atoms with Crippen molar-refractivity contribution in [3.05, 3.63) is 60.7 Å². The molecule has 0 radical (unpaired) electrons. The van der Waals surface area contributed by atoms with Gasteiger partial charge in [0, 0.05) is 0 Å². The van der Waals surface area contributed by atoms with Crippen LogP contribution in [-0.4, -0.2) is 28.7 Å². The molecule has 0 spiro atoms. The first-order chi connectivity index (χ1) is 18.6. The molecular weight excluding hydrogens is 572 g/mol. The quantitative estimate of drug-likeness (QED) is 0.0726. The Morgan fingerprint density at radius 3 is 1.42 bits per heavy atom. The van der Waals surface area contributed by atoms with Gasteiger partial charge < -0.3 is 0 Å². The van der Waals surface area contributed by atoms with Gasteiger partial charge in [-0.1, -0.05) is 64.7 Å². The van der Waals surface area contributed by atoms with Crippen molar-refractivity contribution in [1.29, 1.82) is 0 Å². The van der Waals surface area contributed by atoms with Crippen molar-refractivity contribution in [3.63, 3.8) is 0 Å². The zero-order valence-electron chi connectivity index (χ0n) is 24.2. The third-order valence-corrected chi connectivity index (χ3v) is 11.5. The number of carbonyl (C=O) groups excluding carboxylic acids is 1. The Morgan fingerprint density at radius 1 is 0.658 bits per heavy atom. The van der Waals surface area contributed by atoms with Crippen LogP contribution in [-0.2, 0) is 23.1 Å². The number of benzene rings is 2. The zero-order chi connectivity index (χ0) is 27.3. The van der Waals surface area contributed by atoms with Gasteiger partial charge >= 0.3 is 182 Å². The number of hydrogen-bond acceptors (Lipinski definition) is 1. The first kappa shape index (κ1) is 33.2. The average molecular weight is 626 g/mol. The van der Waals surface area contributed by atoms with Gasteiger partial charge in [0.1, 0.15) is 0 Å². The van der Waals surface area contributed by atoms with Gasteiger partial charge in [0.2, 0.25) is 0 Å². The van der Waals surface area contributed by atoms with Crippen molar-refractivity contribution in [2.75, 3.05) is 13.6 Å². The Hall–Kier alpha value is -1.04. The molecule has 4 heteroatoms. The second kappa shape index (κ2) is 21.7. The summed E-state index contributed by atoms with van der Waals surface area (Å²) < 4.78 is 0.205. The fourth-order valence-corrected chi connectivity index (χ4v) is 9.04. The van der Waals surface area contributed by atoms with Crippen LogP contribution in [0, 0.1) is 0 Å². The Balaban J connectivity index is 1.54. The van der Waals surface area contributed by atoms with Gasteiger partial charge in [0.25, 0.3) is 0 Å². The predicted molar refractivity (Wildman–Crippen MR) is 165 cm³/mol. The van der Waals surface area contributed by atoms with E-state index in [-0.39, 0.29) is 10.2 Å². The molecule has 2 rings (SSSR count). The number of amides is 1. The van der Waals surface area contributed by atoms with Crippen LogP contribution in [0.4, 0.5) is 0 Å². The summed E-state index contributed by atoms with van der Waals surface area (Å²) in [6.07, 6.45) is 22.6. The van der Waals surface area contributed by atoms with Crippen LogP contribution in [0.3, 0.4) is 0 Å². The summed E-state index contributed by atoms with van der Waals surface area (Å²) in [6, 6.07) is 21.4. The Kier molecular flexibility index (Phi) is 19.0. The van der Waals surface area contributed by atoms with E-state index in [4.69, 9.17) is 0 Å². The molecule has 0 saturated carbocycles. The number of carbonyl (C=O) groups is 1. The molecule has 0 saturated heterocycles. The van der Waals surface area contributed by atoms with Crippen molar-refractivity contribution < 1.29 is 23.1 Å². The van der Waals surface area contributed by atoms with E-state index >= 15 is 0 Å². The maximum absolute atomic E-state index is 13.0. The topological polar surface area (TPSA) is 20.3 Å². The molecule has 1 unspecified atom stereocenters. The standard InChI is InChI=1S/C34H53NOP.Rh/c1-3-4-5-6-7-8-9-10-11-12-13-14-15-16-17-24-30-35(2)34(36)29-31-37(32-25-20-18-21-26-32)33-27-22-19-23-28-33;/h18-23,25-28,31H,3-17,24,29-30H2,1-2H3;. The van der Waals surface area contributed by atoms with Gasteiger partial charge in [-0.25, -0.2) is 0 Å². The summed E-state index contributed by atoms with van der Waals surface area (Å²) in [5, 5.41) is 2.66. The second-order valence-electron chi connectivity index (χ2n) is 10.8. The molecule has 38 heavy (non-hydrogen) atoms. The number of hydrogen-bond donors (Lipinski definition) is 0. The molecule has 0 aliphatic carbocycles. The first-order valence-electron chi connectivity index (χ1n) is 15.4. The van der Waals surface area contributed by atoms with Gasteiger partial charge in [-0.3, -0.25) is 0 Å². The molecule has 0 N–H and O–H groups in total. The summed E-state index contributed by atoms with van der Waals surface area (Å²) >= 11 is 3.23. The van der Waals surface area contributed by atoms with Gasteiger partial charge in [-0.2, -0.15) is 0 Å². The van der Waals surface area contributed by atoms with Crippen molar-refractivity contribution in [1.82, 2.24) is 4.90 Å². The Morgan fingerprint density at radius 2 is 1.03 bits per heavy atom. The fourth-order valence-electron chi connectivity index (χ4n) is 5.04. The Bertz CT molecular complexity index is 791. The van der Waals surface area contributed by atoms with Crippen LogP contribution in [0.5, 0.6) is 0 Å². The maximum atomic E-state index is 13.0. The monoisotopic (exact) mass is 625 g/mol. The van der Waals surface area contributed by atoms with Gasteiger partial charge in [0.15, 0.2) is 0 Å². The molecule has 0 aliphatic heterocycles. The molecule has 0 aromatic heterocycles. The van der Waals surface area contributed by atoms with E-state index in [2.05, 4.69) is 85.9 Å². The molecule has 214 valence electrons. The van der Waals surface area contributed by atoms with Crippen LogP contribution < -0.4 is 10.6 Å². The van der Waals surface area contributed by atoms with Crippen LogP contribution in [0.15, 0.2) is 60.7 Å². The summed E-state index contributed by atoms with van der Waals surface area (Å²) in [4.78, 5) is 15.0. The van der Waals surface area contributed by atoms with Crippen molar-refractivity contribution in [3.8, 4) is 0 Å². The van der Waals surface area contributed by atoms with Crippen LogP contribution in [0.2, 0.25) is 0 Å². The molecule has 0 heterocycles. The van der Waals surface area contributed by atoms with Crippen LogP contribution in [0.1, 0.15) is 116 Å². The van der Waals surface area contributed by atoms with Gasteiger partial charge in [0.05, 0.1) is 0 Å². The first-order valence-corrected chi connectivity index (χ1v) is 17.7. The van der Waals surface area contributed by atoms with E-state index in [9.17, 15) is 4.79 Å². The van der Waals surface area contributed by atoms with E-state index in [0.717, 1.165) is 13.0 Å². The fraction of sp³-hybridized carbons (Fsp3) is 0.618. The van der Waals surface area contributed by atoms with Gasteiger partial charge in [-0.05, 0) is 0 Å². The van der Waals surface area contributed by atoms with E-state index in [1.807, 2.05) is 11.9 Å². The Labute approximate surface area is 246 Å². The molecule has 2 nitrogen and oxygen atoms in total. The minimum absolute atomic E-state index is 0.205. The molecule has 0 aliphatic rings. The van der Waals surface area contributed by atoms with Crippen LogP contribution >= 0.6 is 7.92 Å². The summed E-state index contributed by atoms with van der Waals surface area (Å²) in [7, 11) is 1.38. The summed E-state index contributed by atoms with van der Waals surface area (Å²) in [6.45, 7) is 3.16. The normalized spacial score (nSPS) is 12.1. The number of unbranched alkanes of at least 4 members (excludes halogenated alkanes) is 15. The number of rotatable bonds is 22. The van der Waals surface area contributed by atoms with Crippen molar-refractivity contribution >= 4 is 24.4 Å². The van der Waals surface area contributed by atoms with Gasteiger partial charge in [-0.15, -0.1) is 0 Å². The molecule has 0 bridgehead atoms. The molecule has 1 amide bonds. The minimum atomic E-state index is -0.600. The molecule has 2 aromatic carbocycles. The van der Waals surface area contributed by atoms with E-state index < -0.39 is 7.92 Å². The molecule has 2 aromatic rings. The summed E-state index contributed by atoms with van der Waals surface area (Å²) in [5.74, 6) is 0.262. The van der Waals surface area contributed by atoms with Crippen LogP contribution in [0.25, 0.3) is 0 Å².